The molecule has 0 aliphatic carbocycles. The zero-order chi connectivity index (χ0) is 21.3. The largest absolute Gasteiger partial charge is 0.456 e. The van der Waals surface area contributed by atoms with Crippen molar-refractivity contribution in [1.29, 1.82) is 0 Å². The summed E-state index contributed by atoms with van der Waals surface area (Å²) in [7, 11) is -3.57. The molecule has 0 fully saturated rings. The van der Waals surface area contributed by atoms with Crippen molar-refractivity contribution < 1.29 is 22.4 Å². The molecule has 154 valence electrons. The van der Waals surface area contributed by atoms with Gasteiger partial charge in [-0.1, -0.05) is 32.0 Å². The van der Waals surface area contributed by atoms with Gasteiger partial charge in [-0.3, -0.25) is 0 Å². The molecule has 1 heterocycles. The third kappa shape index (κ3) is 3.58. The topological polar surface area (TPSA) is 76.8 Å². The summed E-state index contributed by atoms with van der Waals surface area (Å²) in [6.45, 7) is 4.33. The molecule has 4 rings (SSSR count). The maximum absolute atomic E-state index is 12.6. The number of hydrogen-bond donors (Lipinski definition) is 0. The maximum atomic E-state index is 12.6. The number of esters is 1. The number of rotatable bonds is 6. The van der Waals surface area contributed by atoms with Gasteiger partial charge in [0.15, 0.2) is 0 Å². The van der Waals surface area contributed by atoms with Gasteiger partial charge in [0.2, 0.25) is 10.0 Å². The maximum Gasteiger partial charge on any atom is 0.343 e. The number of sulfonamides is 1. The molecule has 6 nitrogen and oxygen atoms in total. The molecule has 0 saturated heterocycles. The molecular weight excluding hydrogens is 402 g/mol. The minimum absolute atomic E-state index is 0.147. The van der Waals surface area contributed by atoms with Crippen LogP contribution in [0.1, 0.15) is 24.2 Å². The van der Waals surface area contributed by atoms with Crippen LogP contribution in [0, 0.1) is 0 Å². The highest BCUT2D eigenvalue weighted by Crippen LogP contribution is 2.31. The van der Waals surface area contributed by atoms with E-state index < -0.39 is 16.0 Å². The monoisotopic (exact) mass is 423 g/mol. The molecule has 0 aliphatic rings. The lowest BCUT2D eigenvalue weighted by atomic mass is 10.1. The number of carbonyl (C=O) groups excluding carboxylic acids is 1. The van der Waals surface area contributed by atoms with E-state index in [1.54, 1.807) is 32.0 Å². The minimum Gasteiger partial charge on any atom is -0.456 e. The first-order valence-electron chi connectivity index (χ1n) is 9.67. The molecule has 0 spiro atoms. The number of fused-ring (bicyclic) bond motifs is 3. The van der Waals surface area contributed by atoms with Crippen molar-refractivity contribution in [1.82, 2.24) is 4.31 Å². The van der Waals surface area contributed by atoms with E-state index in [2.05, 4.69) is 0 Å². The van der Waals surface area contributed by atoms with Crippen molar-refractivity contribution in [3.63, 3.8) is 0 Å². The number of furan rings is 1. The van der Waals surface area contributed by atoms with Gasteiger partial charge in [-0.15, -0.1) is 0 Å². The summed E-state index contributed by atoms with van der Waals surface area (Å²) in [6.07, 6.45) is 0. The lowest BCUT2D eigenvalue weighted by molar-refractivity contribution is 0.0735. The summed E-state index contributed by atoms with van der Waals surface area (Å²) in [5.74, 6) is -0.173. The molecule has 3 aromatic carbocycles. The highest BCUT2D eigenvalue weighted by Gasteiger charge is 2.22. The van der Waals surface area contributed by atoms with Crippen molar-refractivity contribution in [3.05, 3.63) is 72.3 Å². The van der Waals surface area contributed by atoms with E-state index in [1.807, 2.05) is 24.3 Å². The molecule has 0 unspecified atom stereocenters. The number of benzene rings is 3. The van der Waals surface area contributed by atoms with Gasteiger partial charge in [-0.25, -0.2) is 13.2 Å². The SMILES string of the molecule is CCN(CC)S(=O)(=O)c1ccc(C(=O)Oc2ccc3oc4ccccc4c3c2)cc1. The third-order valence-electron chi connectivity index (χ3n) is 4.99. The Balaban J connectivity index is 1.57. The van der Waals surface area contributed by atoms with E-state index in [1.165, 1.54) is 28.6 Å². The van der Waals surface area contributed by atoms with E-state index in [4.69, 9.17) is 9.15 Å². The zero-order valence-electron chi connectivity index (χ0n) is 16.7. The van der Waals surface area contributed by atoms with Crippen LogP contribution < -0.4 is 4.74 Å². The molecule has 0 bridgehead atoms. The van der Waals surface area contributed by atoms with Crippen LogP contribution in [0.15, 0.2) is 76.0 Å². The number of para-hydroxylation sites is 1. The summed E-state index contributed by atoms with van der Waals surface area (Å²) in [6, 6.07) is 18.6. The number of hydrogen-bond acceptors (Lipinski definition) is 5. The Labute approximate surface area is 174 Å². The second-order valence-corrected chi connectivity index (χ2v) is 8.70. The van der Waals surface area contributed by atoms with Gasteiger partial charge in [-0.2, -0.15) is 4.31 Å². The number of ether oxygens (including phenoxy) is 1. The molecule has 0 atom stereocenters. The van der Waals surface area contributed by atoms with Crippen LogP contribution in [-0.4, -0.2) is 31.8 Å². The minimum atomic E-state index is -3.57. The quantitative estimate of drug-likeness (QED) is 0.328. The third-order valence-corrected chi connectivity index (χ3v) is 7.06. The Bertz CT molecular complexity index is 1320. The lowest BCUT2D eigenvalue weighted by Gasteiger charge is -2.18. The number of carbonyl (C=O) groups is 1. The van der Waals surface area contributed by atoms with Crippen LogP contribution in [0.3, 0.4) is 0 Å². The van der Waals surface area contributed by atoms with E-state index in [0.717, 1.165) is 16.4 Å². The second-order valence-electron chi connectivity index (χ2n) is 6.76. The molecule has 0 amide bonds. The molecule has 0 radical (unpaired) electrons. The summed E-state index contributed by atoms with van der Waals surface area (Å²) in [5.41, 5.74) is 1.74. The van der Waals surface area contributed by atoms with Gasteiger partial charge in [0.05, 0.1) is 10.5 Å². The van der Waals surface area contributed by atoms with Gasteiger partial charge >= 0.3 is 5.97 Å². The summed E-state index contributed by atoms with van der Waals surface area (Å²) >= 11 is 0. The Morgan fingerprint density at radius 1 is 0.900 bits per heavy atom. The fourth-order valence-electron chi connectivity index (χ4n) is 3.41. The van der Waals surface area contributed by atoms with Gasteiger partial charge in [0.1, 0.15) is 16.9 Å². The van der Waals surface area contributed by atoms with Crippen LogP contribution in [-0.2, 0) is 10.0 Å². The first-order chi connectivity index (χ1) is 14.4. The zero-order valence-corrected chi connectivity index (χ0v) is 17.5. The van der Waals surface area contributed by atoms with E-state index in [9.17, 15) is 13.2 Å². The predicted octanol–water partition coefficient (Wildman–Crippen LogP) is 4.84. The Kier molecular flexibility index (Phi) is 5.32. The van der Waals surface area contributed by atoms with Crippen molar-refractivity contribution >= 4 is 37.9 Å². The highest BCUT2D eigenvalue weighted by atomic mass is 32.2. The smallest absolute Gasteiger partial charge is 0.343 e. The highest BCUT2D eigenvalue weighted by molar-refractivity contribution is 7.89. The van der Waals surface area contributed by atoms with Crippen LogP contribution in [0.4, 0.5) is 0 Å². The summed E-state index contributed by atoms with van der Waals surface area (Å²) in [5, 5.41) is 1.80. The van der Waals surface area contributed by atoms with Gasteiger partial charge in [0, 0.05) is 23.9 Å². The molecular formula is C23H21NO5S. The first-order valence-corrected chi connectivity index (χ1v) is 11.1. The molecule has 1 aromatic heterocycles. The Morgan fingerprint density at radius 2 is 1.57 bits per heavy atom. The van der Waals surface area contributed by atoms with Gasteiger partial charge < -0.3 is 9.15 Å². The molecule has 0 aliphatic heterocycles. The molecule has 0 N–H and O–H groups in total. The Hall–Kier alpha value is -3.16. The lowest BCUT2D eigenvalue weighted by Crippen LogP contribution is -2.30. The van der Waals surface area contributed by atoms with Crippen molar-refractivity contribution in [2.75, 3.05) is 13.1 Å². The average molecular weight is 423 g/mol. The van der Waals surface area contributed by atoms with E-state index >= 15 is 0 Å². The normalized spacial score (nSPS) is 12.0. The molecule has 30 heavy (non-hydrogen) atoms. The van der Waals surface area contributed by atoms with Gasteiger partial charge in [-0.05, 0) is 48.5 Å². The fourth-order valence-corrected chi connectivity index (χ4v) is 4.87. The second kappa shape index (κ2) is 7.93. The van der Waals surface area contributed by atoms with Crippen LogP contribution in [0.25, 0.3) is 21.9 Å². The van der Waals surface area contributed by atoms with Crippen LogP contribution in [0.2, 0.25) is 0 Å². The predicted molar refractivity (Wildman–Crippen MR) is 115 cm³/mol. The van der Waals surface area contributed by atoms with E-state index in [0.29, 0.717) is 24.4 Å². The van der Waals surface area contributed by atoms with Crippen molar-refractivity contribution in [2.45, 2.75) is 18.7 Å². The Morgan fingerprint density at radius 3 is 2.27 bits per heavy atom. The fraction of sp³-hybridized carbons (Fsp3) is 0.174. The van der Waals surface area contributed by atoms with Crippen molar-refractivity contribution in [3.8, 4) is 5.75 Å². The molecule has 7 heteroatoms. The van der Waals surface area contributed by atoms with E-state index in [-0.39, 0.29) is 10.5 Å². The standard InChI is InChI=1S/C23H21NO5S/c1-3-24(4-2)30(26,27)18-12-9-16(10-13-18)23(25)28-17-11-14-22-20(15-17)19-7-5-6-8-21(19)29-22/h5-15H,3-4H2,1-2H3. The number of nitrogens with zero attached hydrogens (tertiary/aromatic N) is 1. The van der Waals surface area contributed by atoms with Crippen molar-refractivity contribution in [2.24, 2.45) is 0 Å². The summed E-state index contributed by atoms with van der Waals surface area (Å²) in [4.78, 5) is 12.7. The van der Waals surface area contributed by atoms with Gasteiger partial charge in [0.25, 0.3) is 0 Å². The van der Waals surface area contributed by atoms with Crippen LogP contribution in [0.5, 0.6) is 5.75 Å². The van der Waals surface area contributed by atoms with Crippen LogP contribution >= 0.6 is 0 Å². The molecule has 0 saturated carbocycles. The average Bonchev–Trinajstić information content (AvgIpc) is 3.12. The first kappa shape index (κ1) is 20.1. The summed E-state index contributed by atoms with van der Waals surface area (Å²) < 4.78 is 37.8. The molecule has 4 aromatic rings.